The number of hydrogen-bond acceptors (Lipinski definition) is 5. The van der Waals surface area contributed by atoms with E-state index in [-0.39, 0.29) is 34.7 Å². The topological polar surface area (TPSA) is 72.8 Å². The molecule has 4 unspecified atom stereocenters. The number of carbonyl (C=O) groups excluding carboxylic acids is 3. The van der Waals surface area contributed by atoms with Crippen molar-refractivity contribution < 1.29 is 19.1 Å². The summed E-state index contributed by atoms with van der Waals surface area (Å²) in [5.41, 5.74) is -0.767. The van der Waals surface area contributed by atoms with Crippen molar-refractivity contribution >= 4 is 35.9 Å². The lowest BCUT2D eigenvalue weighted by Crippen LogP contribution is -2.58. The fourth-order valence-electron chi connectivity index (χ4n) is 7.64. The molecule has 7 atom stereocenters. The number of allylic oxidation sites excluding steroid dienone is 4. The highest BCUT2D eigenvalue weighted by atomic mass is 35.5. The number of aliphatic imine (C=N–C) groups is 1. The van der Waals surface area contributed by atoms with Crippen LogP contribution >= 0.6 is 11.6 Å². The number of halogens is 1. The number of fused-ring (bicyclic) bond motifs is 5. The van der Waals surface area contributed by atoms with Crippen LogP contribution in [0, 0.1) is 34.5 Å². The van der Waals surface area contributed by atoms with Crippen LogP contribution in [0.5, 0.6) is 0 Å². The maximum absolute atomic E-state index is 12.8. The zero-order valence-electron chi connectivity index (χ0n) is 18.9. The second-order valence-electron chi connectivity index (χ2n) is 10.5. The van der Waals surface area contributed by atoms with Gasteiger partial charge in [-0.05, 0) is 80.6 Å². The molecule has 4 aliphatic carbocycles. The summed E-state index contributed by atoms with van der Waals surface area (Å²) in [6.45, 7) is 11.3. The first-order chi connectivity index (χ1) is 14.5. The Morgan fingerprint density at radius 1 is 1.23 bits per heavy atom. The summed E-state index contributed by atoms with van der Waals surface area (Å²) in [7, 11) is 0. The minimum Gasteiger partial charge on any atom is -0.451 e. The van der Waals surface area contributed by atoms with Gasteiger partial charge in [-0.2, -0.15) is 0 Å². The predicted octanol–water partition coefficient (Wildman–Crippen LogP) is 4.68. The number of nitrogens with zero attached hydrogens (tertiary/aromatic N) is 1. The van der Waals surface area contributed by atoms with Crippen molar-refractivity contribution in [2.24, 2.45) is 39.5 Å². The molecule has 5 nitrogen and oxygen atoms in total. The molecule has 4 aliphatic rings. The van der Waals surface area contributed by atoms with Gasteiger partial charge in [-0.25, -0.2) is 0 Å². The van der Waals surface area contributed by atoms with Crippen LogP contribution < -0.4 is 0 Å². The monoisotopic (exact) mass is 445 g/mol. The highest BCUT2D eigenvalue weighted by Gasteiger charge is 2.67. The van der Waals surface area contributed by atoms with E-state index in [1.54, 1.807) is 13.0 Å². The molecule has 0 aromatic rings. The predicted molar refractivity (Wildman–Crippen MR) is 120 cm³/mol. The standard InChI is InChI=1S/C25H32ClNO4/c1-14(28)25(31-15(2)29)9-7-19-17-10-21(26)20-11-22(30)16(13-27-5)12-23(20,3)18(17)6-8-24(19,25)4/h10-11,16-19H,5-9,12-13H2,1-4H3/t16?,17?,18?,19?,23-,24+,25+/m1/s1. The smallest absolute Gasteiger partial charge is 0.303 e. The number of carbonyl (C=O) groups is 3. The number of Topliss-reactive ketones (excluding diaryl/α,β-unsaturated/α-hetero) is 1. The number of ether oxygens (including phenoxy) is 1. The van der Waals surface area contributed by atoms with Crippen molar-refractivity contribution in [3.63, 3.8) is 0 Å². The van der Waals surface area contributed by atoms with Crippen LogP contribution in [-0.4, -0.2) is 36.4 Å². The van der Waals surface area contributed by atoms with Crippen LogP contribution in [0.15, 0.2) is 27.7 Å². The van der Waals surface area contributed by atoms with Gasteiger partial charge >= 0.3 is 5.97 Å². The molecule has 0 aromatic carbocycles. The summed E-state index contributed by atoms with van der Waals surface area (Å²) < 4.78 is 5.82. The second-order valence-corrected chi connectivity index (χ2v) is 10.9. The van der Waals surface area contributed by atoms with Gasteiger partial charge in [0.25, 0.3) is 0 Å². The van der Waals surface area contributed by atoms with E-state index in [0.29, 0.717) is 30.3 Å². The number of rotatable bonds is 4. The Morgan fingerprint density at radius 3 is 2.52 bits per heavy atom. The average Bonchev–Trinajstić information content (AvgIpc) is 2.97. The number of hydrogen-bond donors (Lipinski definition) is 0. The molecule has 0 saturated heterocycles. The molecule has 0 aliphatic heterocycles. The third kappa shape index (κ3) is 3.02. The Balaban J connectivity index is 1.77. The summed E-state index contributed by atoms with van der Waals surface area (Å²) in [5, 5.41) is 0.652. The molecular weight excluding hydrogens is 414 g/mol. The molecule has 0 heterocycles. The third-order valence-corrected chi connectivity index (χ3v) is 9.41. The Labute approximate surface area is 189 Å². The van der Waals surface area contributed by atoms with E-state index in [0.717, 1.165) is 24.8 Å². The highest BCUT2D eigenvalue weighted by Crippen LogP contribution is 2.68. The molecule has 2 fully saturated rings. The quantitative estimate of drug-likeness (QED) is 0.465. The van der Waals surface area contributed by atoms with Gasteiger partial charge < -0.3 is 9.73 Å². The first kappa shape index (κ1) is 22.4. The fourth-order valence-corrected chi connectivity index (χ4v) is 8.06. The molecule has 0 bridgehead atoms. The highest BCUT2D eigenvalue weighted by molar-refractivity contribution is 6.32. The summed E-state index contributed by atoms with van der Waals surface area (Å²) in [5.74, 6) is 0.134. The summed E-state index contributed by atoms with van der Waals surface area (Å²) in [4.78, 5) is 41.5. The molecule has 0 radical (unpaired) electrons. The molecule has 31 heavy (non-hydrogen) atoms. The van der Waals surface area contributed by atoms with Gasteiger partial charge in [-0.15, -0.1) is 0 Å². The van der Waals surface area contributed by atoms with Crippen LogP contribution in [0.25, 0.3) is 0 Å². The molecule has 4 rings (SSSR count). The van der Waals surface area contributed by atoms with Gasteiger partial charge in [0.1, 0.15) is 0 Å². The number of esters is 1. The van der Waals surface area contributed by atoms with E-state index in [9.17, 15) is 14.4 Å². The Bertz CT molecular complexity index is 922. The molecule has 0 spiro atoms. The van der Waals surface area contributed by atoms with E-state index in [1.807, 2.05) is 0 Å². The lowest BCUT2D eigenvalue weighted by molar-refractivity contribution is -0.185. The van der Waals surface area contributed by atoms with E-state index in [4.69, 9.17) is 16.3 Å². The van der Waals surface area contributed by atoms with E-state index in [1.165, 1.54) is 6.92 Å². The number of ketones is 2. The lowest BCUT2D eigenvalue weighted by atomic mass is 9.47. The van der Waals surface area contributed by atoms with Crippen LogP contribution in [0.4, 0.5) is 0 Å². The first-order valence-corrected chi connectivity index (χ1v) is 11.6. The largest absolute Gasteiger partial charge is 0.451 e. The molecule has 2 saturated carbocycles. The second kappa shape index (κ2) is 7.40. The fraction of sp³-hybridized carbons (Fsp3) is 0.680. The summed E-state index contributed by atoms with van der Waals surface area (Å²) in [6.07, 6.45) is 7.63. The molecule has 168 valence electrons. The minimum absolute atomic E-state index is 0.0655. The minimum atomic E-state index is -1.07. The zero-order chi connectivity index (χ0) is 22.8. The zero-order valence-corrected chi connectivity index (χ0v) is 19.6. The van der Waals surface area contributed by atoms with Gasteiger partial charge in [0.2, 0.25) is 0 Å². The van der Waals surface area contributed by atoms with Crippen molar-refractivity contribution in [1.29, 1.82) is 0 Å². The van der Waals surface area contributed by atoms with Crippen molar-refractivity contribution in [3.05, 3.63) is 22.8 Å². The van der Waals surface area contributed by atoms with Gasteiger partial charge in [-0.3, -0.25) is 14.4 Å². The van der Waals surface area contributed by atoms with E-state index < -0.39 is 17.0 Å². The SMILES string of the molecule is C=NCC1C[C@@]2(C)C(=CC1=O)C(Cl)=CC1C2CC[C@@]2(C)C1CC[C@]2(OC(C)=O)C(C)=O. The Kier molecular flexibility index (Phi) is 5.36. The first-order valence-electron chi connectivity index (χ1n) is 11.3. The van der Waals surface area contributed by atoms with Crippen molar-refractivity contribution in [2.75, 3.05) is 6.54 Å². The summed E-state index contributed by atoms with van der Waals surface area (Å²) in [6, 6.07) is 0. The van der Waals surface area contributed by atoms with Gasteiger partial charge in [0.05, 0.1) is 0 Å². The van der Waals surface area contributed by atoms with E-state index >= 15 is 0 Å². The van der Waals surface area contributed by atoms with Crippen LogP contribution in [0.2, 0.25) is 0 Å². The van der Waals surface area contributed by atoms with E-state index in [2.05, 4.69) is 31.6 Å². The molecule has 0 aromatic heterocycles. The molecule has 6 heteroatoms. The van der Waals surface area contributed by atoms with Crippen molar-refractivity contribution in [3.8, 4) is 0 Å². The van der Waals surface area contributed by atoms with Crippen LogP contribution in [0.1, 0.15) is 59.8 Å². The van der Waals surface area contributed by atoms with Gasteiger partial charge in [0, 0.05) is 29.8 Å². The maximum Gasteiger partial charge on any atom is 0.303 e. The Morgan fingerprint density at radius 2 is 1.90 bits per heavy atom. The van der Waals surface area contributed by atoms with Crippen LogP contribution in [0.3, 0.4) is 0 Å². The lowest BCUT2D eigenvalue weighted by Gasteiger charge is -2.58. The van der Waals surface area contributed by atoms with Crippen LogP contribution in [-0.2, 0) is 19.1 Å². The third-order valence-electron chi connectivity index (χ3n) is 9.08. The normalized spacial score (nSPS) is 43.7. The molecule has 0 N–H and O–H groups in total. The Hall–Kier alpha value is -1.75. The molecular formula is C25H32ClNO4. The average molecular weight is 446 g/mol. The molecule has 0 amide bonds. The van der Waals surface area contributed by atoms with Crippen molar-refractivity contribution in [2.45, 2.75) is 65.4 Å². The summed E-state index contributed by atoms with van der Waals surface area (Å²) >= 11 is 6.80. The van der Waals surface area contributed by atoms with Gasteiger partial charge in [-0.1, -0.05) is 31.5 Å². The van der Waals surface area contributed by atoms with Crippen molar-refractivity contribution in [1.82, 2.24) is 0 Å². The maximum atomic E-state index is 12.8. The van der Waals surface area contributed by atoms with Gasteiger partial charge in [0.15, 0.2) is 17.2 Å².